The smallest absolute Gasteiger partial charge is 0.235 e. The van der Waals surface area contributed by atoms with Crippen LogP contribution in [0.4, 0.5) is 0 Å². The number of aliphatic hydroxyl groups excluding tert-OH is 1. The van der Waals surface area contributed by atoms with E-state index in [-0.39, 0.29) is 35.8 Å². The van der Waals surface area contributed by atoms with Crippen LogP contribution < -0.4 is 5.32 Å². The number of benzene rings is 1. The Morgan fingerprint density at radius 2 is 1.90 bits per heavy atom. The lowest BCUT2D eigenvalue weighted by Gasteiger charge is -2.45. The molecule has 7 heteroatoms. The van der Waals surface area contributed by atoms with Gasteiger partial charge in [-0.3, -0.25) is 14.4 Å². The summed E-state index contributed by atoms with van der Waals surface area (Å²) in [4.78, 5) is 44.5. The summed E-state index contributed by atoms with van der Waals surface area (Å²) in [6.07, 6.45) is 9.89. The number of ketones is 2. The lowest BCUT2D eigenvalue weighted by molar-refractivity contribution is -0.145. The standard InChI is InChI=1S/C32H36N2O5/c1-17-8-7-10-22-29-31(4,39-29)19(3)27-24(15-20-16-33-23-11-6-5-9-21(20)23)34-30(38)32(22,27)26(36)13-12-25(35)28(37)18(2)14-17/h5-7,9-14,16-17,19,22,24,27-29,33,37H,8,15H2,1-4H3,(H,34,38)/b10-7+,13-12+,18-14+/t17-,19+,22+,24+,27+,28-,29+,31-,32-/m1/s1. The Morgan fingerprint density at radius 1 is 1.13 bits per heavy atom. The first-order valence-electron chi connectivity index (χ1n) is 13.9. The van der Waals surface area contributed by atoms with Gasteiger partial charge in [0.2, 0.25) is 5.91 Å². The molecule has 0 bridgehead atoms. The maximum atomic E-state index is 14.2. The van der Waals surface area contributed by atoms with Crippen LogP contribution in [-0.2, 0) is 25.5 Å². The van der Waals surface area contributed by atoms with Crippen molar-refractivity contribution < 1.29 is 24.2 Å². The third-order valence-electron chi connectivity index (χ3n) is 9.86. The van der Waals surface area contributed by atoms with Gasteiger partial charge in [0.25, 0.3) is 0 Å². The minimum atomic E-state index is -1.41. The summed E-state index contributed by atoms with van der Waals surface area (Å²) in [6, 6.07) is 7.77. The van der Waals surface area contributed by atoms with E-state index < -0.39 is 34.6 Å². The fourth-order valence-corrected chi connectivity index (χ4v) is 7.66. The van der Waals surface area contributed by atoms with Crippen LogP contribution in [0.15, 0.2) is 66.4 Å². The number of carbonyl (C=O) groups is 3. The zero-order valence-electron chi connectivity index (χ0n) is 22.8. The van der Waals surface area contributed by atoms with Gasteiger partial charge in [0, 0.05) is 35.0 Å². The highest BCUT2D eigenvalue weighted by atomic mass is 16.6. The van der Waals surface area contributed by atoms with Crippen LogP contribution in [0.1, 0.15) is 39.7 Å². The zero-order chi connectivity index (χ0) is 27.7. The van der Waals surface area contributed by atoms with E-state index >= 15 is 0 Å². The number of aromatic amines is 1. The number of nitrogens with one attached hydrogen (secondary N) is 2. The lowest BCUT2D eigenvalue weighted by Crippen LogP contribution is -2.58. The molecule has 3 heterocycles. The van der Waals surface area contributed by atoms with Crippen molar-refractivity contribution in [2.75, 3.05) is 0 Å². The van der Waals surface area contributed by atoms with E-state index in [2.05, 4.69) is 30.2 Å². The van der Waals surface area contributed by atoms with Gasteiger partial charge in [0.1, 0.15) is 11.5 Å². The molecule has 204 valence electrons. The Bertz CT molecular complexity index is 1450. The molecule has 4 aliphatic rings. The summed E-state index contributed by atoms with van der Waals surface area (Å²) >= 11 is 0. The maximum absolute atomic E-state index is 14.2. The second-order valence-corrected chi connectivity index (χ2v) is 12.1. The monoisotopic (exact) mass is 528 g/mol. The van der Waals surface area contributed by atoms with Gasteiger partial charge in [0.15, 0.2) is 11.6 Å². The molecule has 2 aliphatic carbocycles. The van der Waals surface area contributed by atoms with Crippen molar-refractivity contribution in [2.45, 2.75) is 64.4 Å². The van der Waals surface area contributed by atoms with Crippen LogP contribution >= 0.6 is 0 Å². The molecule has 7 nitrogen and oxygen atoms in total. The molecule has 9 atom stereocenters. The zero-order valence-corrected chi connectivity index (χ0v) is 22.8. The number of hydrogen-bond donors (Lipinski definition) is 3. The SMILES string of the molecule is C/C1=C\[C@H](C)C/C=C/[C@H]2[C@@H]3O[C@]3(C)[C@@H](C)[C@H]3[C@H](Cc4c[nH]c5ccccc45)NC(=O)[C@]32C(=O)/C=C/C(=O)[C@@H]1O. The average Bonchev–Trinajstić information content (AvgIpc) is 3.31. The number of carbonyl (C=O) groups excluding carboxylic acids is 3. The van der Waals surface area contributed by atoms with Crippen LogP contribution in [0.25, 0.3) is 10.9 Å². The van der Waals surface area contributed by atoms with Crippen molar-refractivity contribution in [1.29, 1.82) is 0 Å². The van der Waals surface area contributed by atoms with Crippen LogP contribution in [-0.4, -0.2) is 51.4 Å². The number of epoxide rings is 1. The summed E-state index contributed by atoms with van der Waals surface area (Å²) in [5, 5.41) is 14.9. The summed E-state index contributed by atoms with van der Waals surface area (Å²) in [5.74, 6) is -2.11. The fourth-order valence-electron chi connectivity index (χ4n) is 7.66. The van der Waals surface area contributed by atoms with Crippen molar-refractivity contribution in [3.63, 3.8) is 0 Å². The lowest BCUT2D eigenvalue weighted by atomic mass is 9.51. The number of aliphatic hydroxyl groups is 1. The van der Waals surface area contributed by atoms with E-state index in [1.54, 1.807) is 6.92 Å². The molecule has 6 rings (SSSR count). The van der Waals surface area contributed by atoms with E-state index in [1.165, 1.54) is 6.08 Å². The Balaban J connectivity index is 1.46. The molecule has 2 aliphatic heterocycles. The predicted molar refractivity (Wildman–Crippen MR) is 148 cm³/mol. The van der Waals surface area contributed by atoms with Crippen molar-refractivity contribution in [1.82, 2.24) is 10.3 Å². The van der Waals surface area contributed by atoms with Gasteiger partial charge < -0.3 is 20.1 Å². The molecule has 1 saturated carbocycles. The van der Waals surface area contributed by atoms with E-state index in [0.717, 1.165) is 22.5 Å². The van der Waals surface area contributed by atoms with Crippen molar-refractivity contribution in [2.24, 2.45) is 29.1 Å². The number of para-hydroxylation sites is 1. The number of H-pyrrole nitrogens is 1. The normalized spacial score (nSPS) is 43.1. The van der Waals surface area contributed by atoms with Gasteiger partial charge in [-0.2, -0.15) is 0 Å². The minimum Gasteiger partial charge on any atom is -0.381 e. The van der Waals surface area contributed by atoms with Crippen molar-refractivity contribution in [3.8, 4) is 0 Å². The number of rotatable bonds is 2. The highest BCUT2D eigenvalue weighted by Crippen LogP contribution is 2.66. The Hall–Kier alpha value is -3.29. The molecule has 39 heavy (non-hydrogen) atoms. The molecule has 1 spiro atoms. The van der Waals surface area contributed by atoms with E-state index in [0.29, 0.717) is 18.4 Å². The molecular formula is C32H36N2O5. The van der Waals surface area contributed by atoms with Crippen molar-refractivity contribution >= 4 is 28.4 Å². The summed E-state index contributed by atoms with van der Waals surface area (Å²) in [7, 11) is 0. The first-order valence-corrected chi connectivity index (χ1v) is 13.9. The summed E-state index contributed by atoms with van der Waals surface area (Å²) in [5.41, 5.74) is 0.805. The number of hydrogen-bond acceptors (Lipinski definition) is 5. The third-order valence-corrected chi connectivity index (χ3v) is 9.86. The molecule has 1 amide bonds. The highest BCUT2D eigenvalue weighted by Gasteiger charge is 2.78. The molecule has 3 fully saturated rings. The molecule has 3 N–H and O–H groups in total. The van der Waals surface area contributed by atoms with Crippen LogP contribution in [0, 0.1) is 29.1 Å². The fraction of sp³-hybridized carbons (Fsp3) is 0.469. The first-order chi connectivity index (χ1) is 18.6. The topological polar surface area (TPSA) is 112 Å². The first kappa shape index (κ1) is 26.0. The molecule has 0 radical (unpaired) electrons. The average molecular weight is 529 g/mol. The maximum Gasteiger partial charge on any atom is 0.235 e. The second kappa shape index (κ2) is 9.14. The molecule has 0 unspecified atom stereocenters. The van der Waals surface area contributed by atoms with Crippen molar-refractivity contribution in [3.05, 3.63) is 72.0 Å². The highest BCUT2D eigenvalue weighted by molar-refractivity contribution is 6.15. The third kappa shape index (κ3) is 3.81. The van der Waals surface area contributed by atoms with Gasteiger partial charge in [-0.1, -0.05) is 50.3 Å². The van der Waals surface area contributed by atoms with Crippen LogP contribution in [0.2, 0.25) is 0 Å². The van der Waals surface area contributed by atoms with E-state index in [1.807, 2.05) is 49.5 Å². The molecule has 1 aromatic heterocycles. The van der Waals surface area contributed by atoms with Gasteiger partial charge in [-0.25, -0.2) is 0 Å². The minimum absolute atomic E-state index is 0.0666. The van der Waals surface area contributed by atoms with E-state index in [9.17, 15) is 19.5 Å². The largest absolute Gasteiger partial charge is 0.381 e. The summed E-state index contributed by atoms with van der Waals surface area (Å²) < 4.78 is 6.33. The van der Waals surface area contributed by atoms with Crippen LogP contribution in [0.5, 0.6) is 0 Å². The predicted octanol–water partition coefficient (Wildman–Crippen LogP) is 3.83. The van der Waals surface area contributed by atoms with Gasteiger partial charge >= 0.3 is 0 Å². The Labute approximate surface area is 228 Å². The van der Waals surface area contributed by atoms with Gasteiger partial charge in [-0.15, -0.1) is 0 Å². The Morgan fingerprint density at radius 3 is 2.69 bits per heavy atom. The molecule has 2 aromatic rings. The number of fused-ring (bicyclic) bond motifs is 3. The molecule has 2 saturated heterocycles. The van der Waals surface area contributed by atoms with Gasteiger partial charge in [-0.05, 0) is 67.9 Å². The second-order valence-electron chi connectivity index (χ2n) is 12.1. The van der Waals surface area contributed by atoms with E-state index in [4.69, 9.17) is 4.74 Å². The van der Waals surface area contributed by atoms with Gasteiger partial charge in [0.05, 0.1) is 11.7 Å². The quantitative estimate of drug-likeness (QED) is 0.312. The Kier molecular flexibility index (Phi) is 6.08. The number of amides is 1. The number of aromatic nitrogens is 1. The summed E-state index contributed by atoms with van der Waals surface area (Å²) in [6.45, 7) is 7.90. The van der Waals surface area contributed by atoms with Crippen LogP contribution in [0.3, 0.4) is 0 Å². The molecular weight excluding hydrogens is 492 g/mol. The number of ether oxygens (including phenoxy) is 1. The molecule has 1 aromatic carbocycles. The number of allylic oxidation sites excluding steroid dienone is 3.